The van der Waals surface area contributed by atoms with E-state index >= 15 is 0 Å². The lowest BCUT2D eigenvalue weighted by Crippen LogP contribution is -2.62. The van der Waals surface area contributed by atoms with Gasteiger partial charge in [-0.1, -0.05) is 66.7 Å². The first-order valence-corrected chi connectivity index (χ1v) is 18.7. The third-order valence-electron chi connectivity index (χ3n) is 10.9. The van der Waals surface area contributed by atoms with E-state index in [0.29, 0.717) is 25.1 Å². The van der Waals surface area contributed by atoms with Gasteiger partial charge in [0.05, 0.1) is 18.3 Å². The fraction of sp³-hybridized carbons (Fsp3) is 0.757. The van der Waals surface area contributed by atoms with Crippen molar-refractivity contribution in [1.82, 2.24) is 36.1 Å². The number of rotatable bonds is 15. The van der Waals surface area contributed by atoms with Gasteiger partial charge in [0.25, 0.3) is 5.91 Å². The van der Waals surface area contributed by atoms with Gasteiger partial charge in [0.15, 0.2) is 0 Å². The molecule has 5 N–H and O–H groups in total. The zero-order valence-corrected chi connectivity index (χ0v) is 30.3. The summed E-state index contributed by atoms with van der Waals surface area (Å²) in [4.78, 5) is 78.8. The average Bonchev–Trinajstić information content (AvgIpc) is 4.03. The van der Waals surface area contributed by atoms with E-state index in [1.165, 1.54) is 18.6 Å². The number of aromatic nitrogens is 2. The Morgan fingerprint density at radius 3 is 2.22 bits per heavy atom. The van der Waals surface area contributed by atoms with Crippen molar-refractivity contribution in [3.8, 4) is 0 Å². The van der Waals surface area contributed by atoms with Crippen LogP contribution in [0.25, 0.3) is 0 Å². The first-order valence-electron chi connectivity index (χ1n) is 18.7. The topological polar surface area (TPSA) is 183 Å². The number of carbonyl (C=O) groups is 5. The van der Waals surface area contributed by atoms with Crippen molar-refractivity contribution in [1.29, 1.82) is 0 Å². The number of aliphatic hydroxyl groups is 1. The van der Waals surface area contributed by atoms with E-state index in [-0.39, 0.29) is 35.6 Å². The Morgan fingerprint density at radius 1 is 0.940 bits per heavy atom. The molecule has 2 unspecified atom stereocenters. The maximum absolute atomic E-state index is 14.6. The van der Waals surface area contributed by atoms with Gasteiger partial charge in [0.1, 0.15) is 24.0 Å². The van der Waals surface area contributed by atoms with E-state index < -0.39 is 59.3 Å². The van der Waals surface area contributed by atoms with E-state index in [1.54, 1.807) is 4.90 Å². The number of likely N-dealkylation sites (tertiary alicyclic amines) is 1. The van der Waals surface area contributed by atoms with Crippen LogP contribution in [0.2, 0.25) is 0 Å². The molecule has 4 amide bonds. The van der Waals surface area contributed by atoms with Gasteiger partial charge in [-0.2, -0.15) is 0 Å². The van der Waals surface area contributed by atoms with Gasteiger partial charge in [-0.15, -0.1) is 0 Å². The molecule has 5 rings (SSSR count). The molecule has 3 saturated carbocycles. The fourth-order valence-corrected chi connectivity index (χ4v) is 7.56. The Hall–Kier alpha value is -3.45. The van der Waals surface area contributed by atoms with Crippen LogP contribution >= 0.6 is 0 Å². The van der Waals surface area contributed by atoms with E-state index in [2.05, 4.69) is 31.2 Å². The van der Waals surface area contributed by atoms with Crippen LogP contribution in [-0.2, 0) is 24.0 Å². The van der Waals surface area contributed by atoms with Crippen molar-refractivity contribution in [3.05, 3.63) is 24.3 Å². The number of amides is 4. The Kier molecular flexibility index (Phi) is 12.3. The molecule has 0 radical (unpaired) electrons. The van der Waals surface area contributed by atoms with Crippen LogP contribution < -0.4 is 21.3 Å². The molecular weight excluding hydrogens is 638 g/mol. The highest BCUT2D eigenvalue weighted by Gasteiger charge is 2.48. The minimum Gasteiger partial charge on any atom is -0.373 e. The normalized spacial score (nSPS) is 23.9. The lowest BCUT2D eigenvalue weighted by Gasteiger charge is -2.39. The first kappa shape index (κ1) is 37.8. The Labute approximate surface area is 295 Å². The largest absolute Gasteiger partial charge is 0.373 e. The van der Waals surface area contributed by atoms with E-state index in [0.717, 1.165) is 57.8 Å². The second kappa shape index (κ2) is 16.3. The number of carbonyl (C=O) groups excluding carboxylic acids is 5. The van der Waals surface area contributed by atoms with Crippen LogP contribution in [0.3, 0.4) is 0 Å². The molecule has 1 aromatic heterocycles. The van der Waals surface area contributed by atoms with Gasteiger partial charge >= 0.3 is 0 Å². The van der Waals surface area contributed by atoms with E-state index in [4.69, 9.17) is 0 Å². The molecule has 6 atom stereocenters. The maximum atomic E-state index is 14.6. The zero-order chi connectivity index (χ0) is 36.2. The second-order valence-electron chi connectivity index (χ2n) is 16.4. The van der Waals surface area contributed by atoms with Gasteiger partial charge in [-0.05, 0) is 67.6 Å². The van der Waals surface area contributed by atoms with Crippen molar-refractivity contribution in [2.24, 2.45) is 29.1 Å². The van der Waals surface area contributed by atoms with Crippen molar-refractivity contribution >= 4 is 29.4 Å². The molecule has 0 spiro atoms. The van der Waals surface area contributed by atoms with Crippen molar-refractivity contribution in [3.63, 3.8) is 0 Å². The molecule has 2 heterocycles. The molecule has 276 valence electrons. The third-order valence-corrected chi connectivity index (χ3v) is 10.9. The second-order valence-corrected chi connectivity index (χ2v) is 16.4. The number of nitrogens with one attached hydrogen (secondary N) is 4. The molecule has 3 aliphatic carbocycles. The van der Waals surface area contributed by atoms with E-state index in [9.17, 15) is 29.1 Å². The molecular formula is C37H57N7O6. The number of ketones is 1. The van der Waals surface area contributed by atoms with Crippen LogP contribution in [0.15, 0.2) is 18.6 Å². The van der Waals surface area contributed by atoms with Crippen molar-refractivity contribution in [2.45, 2.75) is 142 Å². The van der Waals surface area contributed by atoms with Gasteiger partial charge in [-0.25, -0.2) is 0 Å². The summed E-state index contributed by atoms with van der Waals surface area (Å²) in [5.41, 5.74) is -0.436. The summed E-state index contributed by atoms with van der Waals surface area (Å²) in [6.45, 7) is 9.98. The zero-order valence-electron chi connectivity index (χ0n) is 30.3. The van der Waals surface area contributed by atoms with Crippen LogP contribution in [0.5, 0.6) is 0 Å². The molecule has 4 fully saturated rings. The van der Waals surface area contributed by atoms with Gasteiger partial charge in [0, 0.05) is 25.0 Å². The van der Waals surface area contributed by atoms with Crippen LogP contribution in [-0.4, -0.2) is 86.1 Å². The smallest absolute Gasteiger partial charge is 0.289 e. The highest BCUT2D eigenvalue weighted by Crippen LogP contribution is 2.36. The monoisotopic (exact) mass is 695 g/mol. The molecule has 50 heavy (non-hydrogen) atoms. The molecule has 0 bridgehead atoms. The lowest BCUT2D eigenvalue weighted by atomic mass is 9.81. The summed E-state index contributed by atoms with van der Waals surface area (Å²) in [7, 11) is 0. The molecule has 13 nitrogen and oxygen atoms in total. The quantitative estimate of drug-likeness (QED) is 0.136. The summed E-state index contributed by atoms with van der Waals surface area (Å²) in [5.74, 6) is -2.42. The fourth-order valence-electron chi connectivity index (χ4n) is 7.56. The number of Topliss-reactive ketones (excluding diaryl/α,β-unsaturated/α-hetero) is 1. The highest BCUT2D eigenvalue weighted by molar-refractivity contribution is 6.38. The minimum absolute atomic E-state index is 0.0183. The predicted molar refractivity (Wildman–Crippen MR) is 186 cm³/mol. The summed E-state index contributed by atoms with van der Waals surface area (Å²) in [5, 5.41) is 22.8. The minimum atomic E-state index is -1.23. The molecule has 0 aromatic carbocycles. The average molecular weight is 696 g/mol. The maximum Gasteiger partial charge on any atom is 0.289 e. The summed E-state index contributed by atoms with van der Waals surface area (Å²) >= 11 is 0. The third kappa shape index (κ3) is 9.65. The van der Waals surface area contributed by atoms with Crippen LogP contribution in [0.4, 0.5) is 0 Å². The first-order chi connectivity index (χ1) is 23.7. The molecule has 1 aromatic rings. The predicted octanol–water partition coefficient (Wildman–Crippen LogP) is 2.54. The summed E-state index contributed by atoms with van der Waals surface area (Å²) < 4.78 is 0. The summed E-state index contributed by atoms with van der Waals surface area (Å²) in [6.07, 6.45) is 12.4. The summed E-state index contributed by atoms with van der Waals surface area (Å²) in [6, 6.07) is -3.57. The SMILES string of the molecule is CC(C)[C@H]1CCN(C(=O)[C@@H](NC(=O)[C@@H](NC(O)c2cnccn2)C2CCCCC2)C(C)(C)C)[C@@H]1C(=O)NC(CC1CC1)C(=O)C(=O)NC1CC1. The van der Waals surface area contributed by atoms with E-state index in [1.807, 2.05) is 34.6 Å². The number of hydrogen-bond donors (Lipinski definition) is 5. The Morgan fingerprint density at radius 2 is 1.64 bits per heavy atom. The highest BCUT2D eigenvalue weighted by atomic mass is 16.3. The van der Waals surface area contributed by atoms with Crippen molar-refractivity contribution < 1.29 is 29.1 Å². The van der Waals surface area contributed by atoms with Crippen LogP contribution in [0.1, 0.15) is 117 Å². The Balaban J connectivity index is 1.35. The van der Waals surface area contributed by atoms with Crippen LogP contribution in [0, 0.1) is 29.1 Å². The molecule has 13 heteroatoms. The van der Waals surface area contributed by atoms with Gasteiger partial charge in [-0.3, -0.25) is 39.3 Å². The van der Waals surface area contributed by atoms with Gasteiger partial charge < -0.3 is 26.0 Å². The number of nitrogens with zero attached hydrogens (tertiary/aromatic N) is 3. The standard InChI is InChI=1S/C37H57N7O6/c1-21(2)25-15-18-44(29(25)34(48)41-26(19-22-11-12-22)30(45)35(49)40-24-13-14-24)36(50)31(37(3,4)5)43-33(47)28(23-9-7-6-8-10-23)42-32(46)27-20-38-16-17-39-27/h16-17,20-26,28-29,31-32,42,46H,6-15,18-19H2,1-5H3,(H,40,49)(H,41,48)(H,43,47)/t25-,26?,28+,29+,31-,32?/m1/s1. The number of aliphatic hydroxyl groups excluding tert-OH is 1. The number of hydrogen-bond acceptors (Lipinski definition) is 9. The lowest BCUT2D eigenvalue weighted by molar-refractivity contribution is -0.146. The van der Waals surface area contributed by atoms with Gasteiger partial charge in [0.2, 0.25) is 23.5 Å². The Bertz CT molecular complexity index is 1370. The molecule has 1 saturated heterocycles. The molecule has 1 aliphatic heterocycles. The van der Waals surface area contributed by atoms with Crippen molar-refractivity contribution in [2.75, 3.05) is 6.54 Å². The molecule has 4 aliphatic rings.